The number of aromatic nitrogens is 2. The van der Waals surface area contributed by atoms with E-state index in [0.717, 1.165) is 6.54 Å². The second-order valence-electron chi connectivity index (χ2n) is 4.63. The summed E-state index contributed by atoms with van der Waals surface area (Å²) in [6.45, 7) is 0.878. The van der Waals surface area contributed by atoms with Crippen LogP contribution in [-0.4, -0.2) is 41.0 Å². The Labute approximate surface area is 96.1 Å². The third-order valence-electron chi connectivity index (χ3n) is 3.49. The van der Waals surface area contributed by atoms with Gasteiger partial charge < -0.3 is 16.0 Å². The first-order valence-corrected chi connectivity index (χ1v) is 5.62. The highest BCUT2D eigenvalue weighted by Crippen LogP contribution is 2.35. The number of nitrogens with zero attached hydrogens (tertiary/aromatic N) is 3. The molecule has 0 aliphatic heterocycles. The molecule has 1 aromatic heterocycles. The second-order valence-corrected chi connectivity index (χ2v) is 4.63. The maximum Gasteiger partial charge on any atom is 0.224 e. The van der Waals surface area contributed by atoms with Crippen molar-refractivity contribution < 1.29 is 0 Å². The molecule has 0 saturated heterocycles. The molecule has 0 spiro atoms. The first kappa shape index (κ1) is 11.1. The highest BCUT2D eigenvalue weighted by Gasteiger charge is 2.38. The Morgan fingerprint density at radius 3 is 2.75 bits per heavy atom. The summed E-state index contributed by atoms with van der Waals surface area (Å²) in [5, 5.41) is 3.27. The van der Waals surface area contributed by atoms with E-state index in [-0.39, 0.29) is 5.54 Å². The van der Waals surface area contributed by atoms with Crippen LogP contribution in [0.2, 0.25) is 0 Å². The zero-order valence-corrected chi connectivity index (χ0v) is 9.90. The fourth-order valence-corrected chi connectivity index (χ4v) is 2.07. The van der Waals surface area contributed by atoms with Crippen molar-refractivity contribution in [3.63, 3.8) is 0 Å². The Balaban J connectivity index is 1.96. The molecule has 16 heavy (non-hydrogen) atoms. The summed E-state index contributed by atoms with van der Waals surface area (Å²) in [6, 6.07) is 1.69. The van der Waals surface area contributed by atoms with E-state index < -0.39 is 0 Å². The molecule has 3 N–H and O–H groups in total. The van der Waals surface area contributed by atoms with Crippen LogP contribution in [0.5, 0.6) is 0 Å². The molecule has 1 heterocycles. The highest BCUT2D eigenvalue weighted by atomic mass is 15.2. The summed E-state index contributed by atoms with van der Waals surface area (Å²) in [5.41, 5.74) is 5.87. The van der Waals surface area contributed by atoms with Gasteiger partial charge in [-0.2, -0.15) is 4.98 Å². The fraction of sp³-hybridized carbons (Fsp3) is 0.636. The highest BCUT2D eigenvalue weighted by molar-refractivity contribution is 5.35. The van der Waals surface area contributed by atoms with E-state index in [9.17, 15) is 0 Å². The van der Waals surface area contributed by atoms with Crippen LogP contribution in [0.15, 0.2) is 12.3 Å². The molecule has 0 aromatic carbocycles. The van der Waals surface area contributed by atoms with E-state index in [1.54, 1.807) is 12.3 Å². The van der Waals surface area contributed by atoms with Crippen molar-refractivity contribution in [2.45, 2.75) is 24.8 Å². The van der Waals surface area contributed by atoms with Gasteiger partial charge in [-0.15, -0.1) is 0 Å². The Kier molecular flexibility index (Phi) is 2.96. The zero-order chi connectivity index (χ0) is 11.6. The maximum absolute atomic E-state index is 5.60. The average molecular weight is 221 g/mol. The summed E-state index contributed by atoms with van der Waals surface area (Å²) < 4.78 is 0. The van der Waals surface area contributed by atoms with E-state index in [1.165, 1.54) is 19.3 Å². The molecule has 5 heteroatoms. The average Bonchev–Trinajstić information content (AvgIpc) is 2.15. The number of hydrogen-bond donors (Lipinski definition) is 2. The standard InChI is InChI=1S/C11H19N5/c1-16(2)11(5-3-6-11)8-14-10-13-7-4-9(12)15-10/h4,7H,3,5-6,8H2,1-2H3,(H3,12,13,14,15). The number of nitrogens with one attached hydrogen (secondary N) is 1. The molecule has 2 rings (SSSR count). The molecular formula is C11H19N5. The van der Waals surface area contributed by atoms with E-state index in [1.807, 2.05) is 0 Å². The SMILES string of the molecule is CN(C)C1(CNc2nccc(N)n2)CCC1. The third-order valence-corrected chi connectivity index (χ3v) is 3.49. The molecule has 0 amide bonds. The van der Waals surface area contributed by atoms with E-state index in [2.05, 4.69) is 34.3 Å². The van der Waals surface area contributed by atoms with Gasteiger partial charge >= 0.3 is 0 Å². The van der Waals surface area contributed by atoms with E-state index in [0.29, 0.717) is 11.8 Å². The Bertz CT molecular complexity index is 359. The van der Waals surface area contributed by atoms with Gasteiger partial charge in [-0.05, 0) is 39.4 Å². The molecule has 0 atom stereocenters. The lowest BCUT2D eigenvalue weighted by Crippen LogP contribution is -2.54. The van der Waals surface area contributed by atoms with Crippen LogP contribution >= 0.6 is 0 Å². The van der Waals surface area contributed by atoms with Crippen LogP contribution in [0.4, 0.5) is 11.8 Å². The van der Waals surface area contributed by atoms with Crippen molar-refractivity contribution in [1.29, 1.82) is 0 Å². The summed E-state index contributed by atoms with van der Waals surface area (Å²) >= 11 is 0. The molecule has 1 aliphatic rings. The molecule has 1 saturated carbocycles. The Hall–Kier alpha value is -1.36. The van der Waals surface area contributed by atoms with Crippen LogP contribution < -0.4 is 11.1 Å². The van der Waals surface area contributed by atoms with Crippen molar-refractivity contribution in [3.8, 4) is 0 Å². The molecule has 1 fully saturated rings. The summed E-state index contributed by atoms with van der Waals surface area (Å²) in [5.74, 6) is 1.12. The Morgan fingerprint density at radius 2 is 2.25 bits per heavy atom. The van der Waals surface area contributed by atoms with Gasteiger partial charge in [0.2, 0.25) is 5.95 Å². The predicted octanol–water partition coefficient (Wildman–Crippen LogP) is 0.955. The van der Waals surface area contributed by atoms with Crippen molar-refractivity contribution in [2.24, 2.45) is 0 Å². The first-order chi connectivity index (χ1) is 7.62. The van der Waals surface area contributed by atoms with Gasteiger partial charge in [0.05, 0.1) is 0 Å². The molecule has 5 nitrogen and oxygen atoms in total. The molecule has 0 unspecified atom stereocenters. The van der Waals surface area contributed by atoms with Gasteiger partial charge in [-0.3, -0.25) is 0 Å². The monoisotopic (exact) mass is 221 g/mol. The summed E-state index contributed by atoms with van der Waals surface area (Å²) in [7, 11) is 4.25. The van der Waals surface area contributed by atoms with Crippen LogP contribution in [0.3, 0.4) is 0 Å². The lowest BCUT2D eigenvalue weighted by molar-refractivity contribution is 0.0737. The van der Waals surface area contributed by atoms with Crippen molar-refractivity contribution in [1.82, 2.24) is 14.9 Å². The van der Waals surface area contributed by atoms with E-state index >= 15 is 0 Å². The minimum atomic E-state index is 0.272. The molecule has 0 radical (unpaired) electrons. The van der Waals surface area contributed by atoms with Gasteiger partial charge in [0.15, 0.2) is 0 Å². The quantitative estimate of drug-likeness (QED) is 0.792. The normalized spacial score (nSPS) is 18.2. The van der Waals surface area contributed by atoms with Gasteiger partial charge in [0, 0.05) is 18.3 Å². The third kappa shape index (κ3) is 2.09. The number of hydrogen-bond acceptors (Lipinski definition) is 5. The van der Waals surface area contributed by atoms with Crippen molar-refractivity contribution in [3.05, 3.63) is 12.3 Å². The lowest BCUT2D eigenvalue weighted by Gasteiger charge is -2.47. The molecule has 0 bridgehead atoms. The number of anilines is 2. The number of nitrogens with two attached hydrogens (primary N) is 1. The molecule has 1 aromatic rings. The molecule has 1 aliphatic carbocycles. The second kappa shape index (κ2) is 4.25. The topological polar surface area (TPSA) is 67.1 Å². The largest absolute Gasteiger partial charge is 0.384 e. The summed E-state index contributed by atoms with van der Waals surface area (Å²) in [6.07, 6.45) is 5.44. The molecular weight excluding hydrogens is 202 g/mol. The maximum atomic E-state index is 5.60. The van der Waals surface area contributed by atoms with E-state index in [4.69, 9.17) is 5.73 Å². The van der Waals surface area contributed by atoms with Crippen LogP contribution in [-0.2, 0) is 0 Å². The number of nitrogen functional groups attached to an aromatic ring is 1. The number of likely N-dealkylation sites (N-methyl/N-ethyl adjacent to an activating group) is 1. The minimum absolute atomic E-state index is 0.272. The Morgan fingerprint density at radius 1 is 1.50 bits per heavy atom. The van der Waals surface area contributed by atoms with Crippen LogP contribution in [0, 0.1) is 0 Å². The van der Waals surface area contributed by atoms with Gasteiger partial charge in [0.25, 0.3) is 0 Å². The summed E-state index contributed by atoms with van der Waals surface area (Å²) in [4.78, 5) is 10.6. The molecule has 88 valence electrons. The van der Waals surface area contributed by atoms with Gasteiger partial charge in [-0.1, -0.05) is 0 Å². The lowest BCUT2D eigenvalue weighted by atomic mass is 9.75. The van der Waals surface area contributed by atoms with Gasteiger partial charge in [-0.25, -0.2) is 4.98 Å². The van der Waals surface area contributed by atoms with Gasteiger partial charge in [0.1, 0.15) is 5.82 Å². The number of rotatable bonds is 4. The van der Waals surface area contributed by atoms with Crippen molar-refractivity contribution in [2.75, 3.05) is 31.7 Å². The predicted molar refractivity (Wildman–Crippen MR) is 65.2 cm³/mol. The minimum Gasteiger partial charge on any atom is -0.384 e. The fourth-order valence-electron chi connectivity index (χ4n) is 2.07. The van der Waals surface area contributed by atoms with Crippen LogP contribution in [0.1, 0.15) is 19.3 Å². The van der Waals surface area contributed by atoms with Crippen LogP contribution in [0.25, 0.3) is 0 Å². The van der Waals surface area contributed by atoms with Crippen molar-refractivity contribution >= 4 is 11.8 Å². The first-order valence-electron chi connectivity index (χ1n) is 5.62. The smallest absolute Gasteiger partial charge is 0.224 e. The zero-order valence-electron chi connectivity index (χ0n) is 9.90.